The molecule has 0 aliphatic heterocycles. The maximum Gasteiger partial charge on any atom is 0.157 e. The van der Waals surface area contributed by atoms with Gasteiger partial charge in [0.15, 0.2) is 5.65 Å². The number of hydrogen-bond acceptors (Lipinski definition) is 6. The van der Waals surface area contributed by atoms with Gasteiger partial charge in [0.2, 0.25) is 0 Å². The van der Waals surface area contributed by atoms with Crippen LogP contribution in [0.1, 0.15) is 25.8 Å². The number of nitrogens with one attached hydrogen (secondary N) is 1. The first-order valence-electron chi connectivity index (χ1n) is 10.0. The molecule has 0 bridgehead atoms. The van der Waals surface area contributed by atoms with Gasteiger partial charge in [0, 0.05) is 47.8 Å². The van der Waals surface area contributed by atoms with E-state index in [1.807, 2.05) is 43.7 Å². The second-order valence-electron chi connectivity index (χ2n) is 7.66. The van der Waals surface area contributed by atoms with Gasteiger partial charge in [-0.3, -0.25) is 4.68 Å². The molecule has 0 fully saturated rings. The molecule has 4 rings (SSSR count). The Labute approximate surface area is 176 Å². The minimum Gasteiger partial charge on any atom is -0.496 e. The number of hydrogen-bond donors (Lipinski definition) is 1. The lowest BCUT2D eigenvalue weighted by Gasteiger charge is -2.31. The maximum atomic E-state index is 5.59. The van der Waals surface area contributed by atoms with Gasteiger partial charge in [-0.25, -0.2) is 15.0 Å². The average molecular weight is 403 g/mol. The molecule has 3 aromatic heterocycles. The molecule has 0 radical (unpaired) electrons. The van der Waals surface area contributed by atoms with E-state index in [4.69, 9.17) is 4.74 Å². The summed E-state index contributed by atoms with van der Waals surface area (Å²) in [4.78, 5) is 13.4. The van der Waals surface area contributed by atoms with Crippen LogP contribution < -0.4 is 10.1 Å². The van der Waals surface area contributed by atoms with Gasteiger partial charge >= 0.3 is 0 Å². The van der Waals surface area contributed by atoms with Crippen LogP contribution in [0.25, 0.3) is 22.3 Å². The van der Waals surface area contributed by atoms with Gasteiger partial charge in [0.1, 0.15) is 17.9 Å². The first-order chi connectivity index (χ1) is 14.5. The van der Waals surface area contributed by atoms with Crippen molar-refractivity contribution in [2.45, 2.75) is 25.7 Å². The summed E-state index contributed by atoms with van der Waals surface area (Å²) in [5.74, 6) is 1.68. The Bertz CT molecular complexity index is 1170. The van der Waals surface area contributed by atoms with Crippen molar-refractivity contribution in [2.75, 3.05) is 19.0 Å². The lowest BCUT2D eigenvalue weighted by Crippen LogP contribution is -2.31. The van der Waals surface area contributed by atoms with E-state index < -0.39 is 0 Å². The second kappa shape index (κ2) is 8.10. The quantitative estimate of drug-likeness (QED) is 0.499. The van der Waals surface area contributed by atoms with Crippen LogP contribution >= 0.6 is 0 Å². The Balaban J connectivity index is 1.57. The third-order valence-electron chi connectivity index (χ3n) is 5.73. The van der Waals surface area contributed by atoms with Crippen molar-refractivity contribution in [3.8, 4) is 17.0 Å². The monoisotopic (exact) mass is 402 g/mol. The Morgan fingerprint density at radius 3 is 2.73 bits per heavy atom. The molecule has 7 heteroatoms. The third-order valence-corrected chi connectivity index (χ3v) is 5.73. The third kappa shape index (κ3) is 3.70. The average Bonchev–Trinajstić information content (AvgIpc) is 3.17. The fraction of sp³-hybridized carbons (Fsp3) is 0.304. The van der Waals surface area contributed by atoms with Gasteiger partial charge in [-0.1, -0.05) is 32.0 Å². The number of para-hydroxylation sites is 1. The fourth-order valence-corrected chi connectivity index (χ4v) is 3.63. The largest absolute Gasteiger partial charge is 0.496 e. The molecule has 1 N–H and O–H groups in total. The maximum absolute atomic E-state index is 5.59. The zero-order valence-electron chi connectivity index (χ0n) is 17.8. The van der Waals surface area contributed by atoms with E-state index >= 15 is 0 Å². The summed E-state index contributed by atoms with van der Waals surface area (Å²) in [7, 11) is 3.60. The van der Waals surface area contributed by atoms with Gasteiger partial charge in [0.25, 0.3) is 0 Å². The van der Waals surface area contributed by atoms with Crippen molar-refractivity contribution in [1.82, 2.24) is 24.7 Å². The number of aromatic nitrogens is 5. The van der Waals surface area contributed by atoms with Crippen LogP contribution in [0.4, 0.5) is 5.82 Å². The molecule has 0 saturated heterocycles. The van der Waals surface area contributed by atoms with E-state index in [2.05, 4.69) is 51.3 Å². The summed E-state index contributed by atoms with van der Waals surface area (Å²) in [6.07, 6.45) is 6.17. The number of ether oxygens (including phenoxy) is 1. The van der Waals surface area contributed by atoms with Crippen LogP contribution in [0, 0.1) is 0 Å². The molecule has 1 atom stereocenters. The number of methoxy groups -OCH3 is 1. The molecule has 7 nitrogen and oxygen atoms in total. The second-order valence-corrected chi connectivity index (χ2v) is 7.66. The van der Waals surface area contributed by atoms with Crippen LogP contribution in [0.3, 0.4) is 0 Å². The number of aryl methyl sites for hydroxylation is 1. The van der Waals surface area contributed by atoms with Gasteiger partial charge in [-0.2, -0.15) is 5.10 Å². The molecule has 0 amide bonds. The topological polar surface area (TPSA) is 77.8 Å². The Kier molecular flexibility index (Phi) is 5.35. The molecular weight excluding hydrogens is 376 g/mol. The molecule has 0 spiro atoms. The normalized spacial score (nSPS) is 13.2. The van der Waals surface area contributed by atoms with Crippen LogP contribution in [0.5, 0.6) is 5.75 Å². The number of anilines is 1. The highest BCUT2D eigenvalue weighted by Crippen LogP contribution is 2.34. The lowest BCUT2D eigenvalue weighted by atomic mass is 9.79. The van der Waals surface area contributed by atoms with E-state index in [-0.39, 0.29) is 5.41 Å². The fourth-order valence-electron chi connectivity index (χ4n) is 3.63. The van der Waals surface area contributed by atoms with Crippen molar-refractivity contribution in [1.29, 1.82) is 0 Å². The minimum atomic E-state index is -0.103. The van der Waals surface area contributed by atoms with Crippen LogP contribution in [0.15, 0.2) is 55.1 Å². The van der Waals surface area contributed by atoms with Crippen molar-refractivity contribution in [3.05, 3.63) is 60.7 Å². The molecule has 4 aromatic rings. The summed E-state index contributed by atoms with van der Waals surface area (Å²) < 4.78 is 7.35. The highest BCUT2D eigenvalue weighted by Gasteiger charge is 2.27. The molecule has 30 heavy (non-hydrogen) atoms. The summed E-state index contributed by atoms with van der Waals surface area (Å²) in [6, 6.07) is 12.2. The summed E-state index contributed by atoms with van der Waals surface area (Å²) >= 11 is 0. The van der Waals surface area contributed by atoms with Crippen LogP contribution in [-0.2, 0) is 12.5 Å². The first kappa shape index (κ1) is 19.8. The lowest BCUT2D eigenvalue weighted by molar-refractivity contribution is 0.385. The van der Waals surface area contributed by atoms with Gasteiger partial charge in [0.05, 0.1) is 19.0 Å². The minimum absolute atomic E-state index is 0.103. The zero-order valence-corrected chi connectivity index (χ0v) is 17.8. The molecule has 3 heterocycles. The summed E-state index contributed by atoms with van der Waals surface area (Å²) in [5.41, 5.74) is 3.68. The highest BCUT2D eigenvalue weighted by atomic mass is 16.5. The van der Waals surface area contributed by atoms with E-state index in [0.717, 1.165) is 46.8 Å². The predicted octanol–water partition coefficient (Wildman–Crippen LogP) is 4.21. The van der Waals surface area contributed by atoms with E-state index in [1.165, 1.54) is 5.56 Å². The predicted molar refractivity (Wildman–Crippen MR) is 119 cm³/mol. The van der Waals surface area contributed by atoms with Crippen molar-refractivity contribution >= 4 is 16.9 Å². The molecule has 0 aliphatic rings. The number of fused-ring (bicyclic) bond motifs is 1. The van der Waals surface area contributed by atoms with Gasteiger partial charge in [-0.15, -0.1) is 0 Å². The van der Waals surface area contributed by atoms with Crippen LogP contribution in [-0.4, -0.2) is 38.4 Å². The Morgan fingerprint density at radius 2 is 1.93 bits per heavy atom. The summed E-state index contributed by atoms with van der Waals surface area (Å²) in [5, 5.41) is 8.73. The van der Waals surface area contributed by atoms with Crippen molar-refractivity contribution in [2.24, 2.45) is 7.05 Å². The molecular formula is C23H26N6O. The number of nitrogens with zero attached hydrogens (tertiary/aromatic N) is 5. The molecule has 0 saturated carbocycles. The van der Waals surface area contributed by atoms with Gasteiger partial charge < -0.3 is 10.1 Å². The van der Waals surface area contributed by atoms with E-state index in [0.29, 0.717) is 0 Å². The molecule has 0 aliphatic carbocycles. The first-order valence-corrected chi connectivity index (χ1v) is 10.0. The standard InChI is InChI=1S/C23H26N6O/c1-5-23(2,18-8-6-7-9-20(18)30-4)14-25-21-11-19(26-15-27-21)16-10-17-13-28-29(3)22(17)24-12-16/h6-13,15H,5,14H2,1-4H3,(H,25,26,27)/t23-/m1/s1. The number of pyridine rings is 1. The molecule has 1 aromatic carbocycles. The molecule has 154 valence electrons. The van der Waals surface area contributed by atoms with Crippen molar-refractivity contribution in [3.63, 3.8) is 0 Å². The Morgan fingerprint density at radius 1 is 1.10 bits per heavy atom. The highest BCUT2D eigenvalue weighted by molar-refractivity contribution is 5.80. The number of benzene rings is 1. The summed E-state index contributed by atoms with van der Waals surface area (Å²) in [6.45, 7) is 5.15. The van der Waals surface area contributed by atoms with Gasteiger partial charge in [-0.05, 0) is 18.6 Å². The molecule has 0 unspecified atom stereocenters. The van der Waals surface area contributed by atoms with E-state index in [9.17, 15) is 0 Å². The van der Waals surface area contributed by atoms with E-state index in [1.54, 1.807) is 18.1 Å². The number of rotatable bonds is 7. The Hall–Kier alpha value is -3.48. The SMILES string of the molecule is CC[C@](C)(CNc1cc(-c2cnc3c(cnn3C)c2)ncn1)c1ccccc1OC. The zero-order chi connectivity index (χ0) is 21.1. The van der Waals surface area contributed by atoms with Crippen molar-refractivity contribution < 1.29 is 4.74 Å². The smallest absolute Gasteiger partial charge is 0.157 e. The van der Waals surface area contributed by atoms with Crippen LogP contribution in [0.2, 0.25) is 0 Å².